The van der Waals surface area contributed by atoms with E-state index in [0.717, 1.165) is 16.8 Å². The Morgan fingerprint density at radius 1 is 1.12 bits per heavy atom. The van der Waals surface area contributed by atoms with Crippen LogP contribution in [0.15, 0.2) is 24.3 Å². The normalized spacial score (nSPS) is 9.88. The first-order valence-corrected chi connectivity index (χ1v) is 5.02. The molecule has 84 valence electrons. The summed E-state index contributed by atoms with van der Waals surface area (Å²) in [7, 11) is 0. The van der Waals surface area contributed by atoms with Crippen LogP contribution in [0.3, 0.4) is 0 Å². The summed E-state index contributed by atoms with van der Waals surface area (Å²) in [6, 6.07) is 9.15. The highest BCUT2D eigenvalue weighted by Gasteiger charge is 2.10. The van der Waals surface area contributed by atoms with Gasteiger partial charge in [-0.05, 0) is 24.6 Å². The Hall–Kier alpha value is -2.61. The van der Waals surface area contributed by atoms with Gasteiger partial charge in [0.25, 0.3) is 0 Å². The van der Waals surface area contributed by atoms with Crippen molar-refractivity contribution in [2.45, 2.75) is 6.92 Å². The van der Waals surface area contributed by atoms with Crippen LogP contribution in [0, 0.1) is 18.3 Å². The van der Waals surface area contributed by atoms with E-state index in [-0.39, 0.29) is 5.95 Å². The molecule has 1 aromatic carbocycles. The van der Waals surface area contributed by atoms with E-state index in [0.29, 0.717) is 11.4 Å². The number of nitrogens with zero attached hydrogens (tertiary/aromatic N) is 3. The van der Waals surface area contributed by atoms with Gasteiger partial charge in [0.05, 0.1) is 17.3 Å². The van der Waals surface area contributed by atoms with Crippen LogP contribution in [0.5, 0.6) is 0 Å². The summed E-state index contributed by atoms with van der Waals surface area (Å²) in [5, 5.41) is 8.73. The minimum atomic E-state index is 0.164. The molecule has 0 radical (unpaired) electrons. The lowest BCUT2D eigenvalue weighted by Gasteiger charge is -2.08. The molecule has 0 saturated carbocycles. The Balaban J connectivity index is 2.57. The number of rotatable bonds is 1. The van der Waals surface area contributed by atoms with Crippen LogP contribution in [-0.4, -0.2) is 9.97 Å². The molecule has 0 fully saturated rings. The number of nitriles is 1. The molecule has 0 atom stereocenters. The summed E-state index contributed by atoms with van der Waals surface area (Å²) in [6.07, 6.45) is 0. The average Bonchev–Trinajstić information content (AvgIpc) is 2.28. The van der Waals surface area contributed by atoms with Gasteiger partial charge in [0.15, 0.2) is 0 Å². The first kappa shape index (κ1) is 10.9. The van der Waals surface area contributed by atoms with Gasteiger partial charge in [-0.15, -0.1) is 0 Å². The molecule has 0 unspecified atom stereocenters. The van der Waals surface area contributed by atoms with Crippen molar-refractivity contribution in [3.8, 4) is 17.2 Å². The molecule has 0 saturated heterocycles. The van der Waals surface area contributed by atoms with Gasteiger partial charge in [0.2, 0.25) is 5.95 Å². The van der Waals surface area contributed by atoms with E-state index in [9.17, 15) is 0 Å². The molecular formula is C12H11N5. The number of aromatic nitrogens is 2. The minimum Gasteiger partial charge on any atom is -0.383 e. The third-order valence-corrected chi connectivity index (χ3v) is 2.44. The third kappa shape index (κ3) is 2.01. The molecule has 17 heavy (non-hydrogen) atoms. The Bertz CT molecular complexity index is 572. The largest absolute Gasteiger partial charge is 0.383 e. The molecule has 0 aliphatic carbocycles. The van der Waals surface area contributed by atoms with Crippen LogP contribution in [0.4, 0.5) is 11.8 Å². The Morgan fingerprint density at radius 3 is 2.29 bits per heavy atom. The standard InChI is InChI=1S/C12H11N5/c1-7-10(11(14)17-12(15)16-7)9-4-2-8(6-13)3-5-9/h2-5H,1H3,(H4,14,15,16,17). The average molecular weight is 225 g/mol. The van der Waals surface area contributed by atoms with Crippen molar-refractivity contribution in [3.05, 3.63) is 35.5 Å². The van der Waals surface area contributed by atoms with Gasteiger partial charge in [-0.1, -0.05) is 12.1 Å². The van der Waals surface area contributed by atoms with Crippen LogP contribution >= 0.6 is 0 Å². The smallest absolute Gasteiger partial charge is 0.222 e. The fraction of sp³-hybridized carbons (Fsp3) is 0.0833. The fourth-order valence-corrected chi connectivity index (χ4v) is 1.69. The Labute approximate surface area is 98.7 Å². The Morgan fingerprint density at radius 2 is 1.76 bits per heavy atom. The number of benzene rings is 1. The van der Waals surface area contributed by atoms with Crippen LogP contribution in [0.1, 0.15) is 11.3 Å². The molecule has 0 aliphatic heterocycles. The number of hydrogen-bond acceptors (Lipinski definition) is 5. The molecular weight excluding hydrogens is 214 g/mol. The molecule has 1 heterocycles. The van der Waals surface area contributed by atoms with E-state index in [4.69, 9.17) is 16.7 Å². The first-order valence-electron chi connectivity index (χ1n) is 5.02. The lowest BCUT2D eigenvalue weighted by atomic mass is 10.0. The van der Waals surface area contributed by atoms with Crippen LogP contribution < -0.4 is 11.5 Å². The van der Waals surface area contributed by atoms with Crippen molar-refractivity contribution in [2.24, 2.45) is 0 Å². The van der Waals surface area contributed by atoms with Gasteiger partial charge in [0, 0.05) is 5.56 Å². The molecule has 0 amide bonds. The lowest BCUT2D eigenvalue weighted by molar-refractivity contribution is 1.13. The first-order chi connectivity index (χ1) is 8.11. The van der Waals surface area contributed by atoms with Gasteiger partial charge in [-0.25, -0.2) is 4.98 Å². The maximum atomic E-state index is 8.73. The summed E-state index contributed by atoms with van der Waals surface area (Å²) >= 11 is 0. The number of aryl methyl sites for hydroxylation is 1. The minimum absolute atomic E-state index is 0.164. The van der Waals surface area contributed by atoms with Gasteiger partial charge in [0.1, 0.15) is 5.82 Å². The van der Waals surface area contributed by atoms with Crippen molar-refractivity contribution in [1.82, 2.24) is 9.97 Å². The lowest BCUT2D eigenvalue weighted by Crippen LogP contribution is -2.04. The van der Waals surface area contributed by atoms with Gasteiger partial charge >= 0.3 is 0 Å². The van der Waals surface area contributed by atoms with Gasteiger partial charge in [-0.3, -0.25) is 0 Å². The van der Waals surface area contributed by atoms with Gasteiger partial charge < -0.3 is 11.5 Å². The number of anilines is 2. The molecule has 4 N–H and O–H groups in total. The summed E-state index contributed by atoms with van der Waals surface area (Å²) in [5.41, 5.74) is 14.3. The van der Waals surface area contributed by atoms with Crippen molar-refractivity contribution in [2.75, 3.05) is 11.5 Å². The maximum Gasteiger partial charge on any atom is 0.222 e. The highest BCUT2D eigenvalue weighted by atomic mass is 15.0. The van der Waals surface area contributed by atoms with E-state index in [1.165, 1.54) is 0 Å². The van der Waals surface area contributed by atoms with Gasteiger partial charge in [-0.2, -0.15) is 10.2 Å². The monoisotopic (exact) mass is 225 g/mol. The second kappa shape index (κ2) is 4.10. The molecule has 0 spiro atoms. The highest BCUT2D eigenvalue weighted by molar-refractivity contribution is 5.76. The zero-order valence-corrected chi connectivity index (χ0v) is 9.31. The second-order valence-electron chi connectivity index (χ2n) is 3.62. The van der Waals surface area contributed by atoms with Crippen LogP contribution in [0.25, 0.3) is 11.1 Å². The fourth-order valence-electron chi connectivity index (χ4n) is 1.69. The number of nitrogens with two attached hydrogens (primary N) is 2. The zero-order chi connectivity index (χ0) is 12.4. The van der Waals surface area contributed by atoms with E-state index in [2.05, 4.69) is 16.0 Å². The quantitative estimate of drug-likeness (QED) is 0.765. The summed E-state index contributed by atoms with van der Waals surface area (Å²) in [6.45, 7) is 1.82. The van der Waals surface area contributed by atoms with Crippen molar-refractivity contribution in [3.63, 3.8) is 0 Å². The van der Waals surface area contributed by atoms with E-state index < -0.39 is 0 Å². The van der Waals surface area contributed by atoms with Crippen molar-refractivity contribution in [1.29, 1.82) is 5.26 Å². The molecule has 5 nitrogen and oxygen atoms in total. The SMILES string of the molecule is Cc1nc(N)nc(N)c1-c1ccc(C#N)cc1. The zero-order valence-electron chi connectivity index (χ0n) is 9.31. The summed E-state index contributed by atoms with van der Waals surface area (Å²) in [4.78, 5) is 8.01. The van der Waals surface area contributed by atoms with Crippen LogP contribution in [0.2, 0.25) is 0 Å². The predicted octanol–water partition coefficient (Wildman–Crippen LogP) is 1.49. The van der Waals surface area contributed by atoms with Crippen molar-refractivity contribution < 1.29 is 0 Å². The second-order valence-corrected chi connectivity index (χ2v) is 3.62. The highest BCUT2D eigenvalue weighted by Crippen LogP contribution is 2.27. The third-order valence-electron chi connectivity index (χ3n) is 2.44. The molecule has 5 heteroatoms. The van der Waals surface area contributed by atoms with E-state index in [1.807, 2.05) is 19.1 Å². The summed E-state index contributed by atoms with van der Waals surface area (Å²) < 4.78 is 0. The Kier molecular flexibility index (Phi) is 2.63. The molecule has 2 aromatic rings. The number of hydrogen-bond donors (Lipinski definition) is 2. The maximum absolute atomic E-state index is 8.73. The molecule has 1 aromatic heterocycles. The molecule has 0 bridgehead atoms. The predicted molar refractivity (Wildman–Crippen MR) is 65.7 cm³/mol. The summed E-state index contributed by atoms with van der Waals surface area (Å²) in [5.74, 6) is 0.511. The van der Waals surface area contributed by atoms with E-state index >= 15 is 0 Å². The molecule has 2 rings (SSSR count). The topological polar surface area (TPSA) is 102 Å². The van der Waals surface area contributed by atoms with Crippen LogP contribution in [-0.2, 0) is 0 Å². The molecule has 0 aliphatic rings. The van der Waals surface area contributed by atoms with Crippen molar-refractivity contribution >= 4 is 11.8 Å². The number of nitrogen functional groups attached to an aromatic ring is 2. The van der Waals surface area contributed by atoms with E-state index in [1.54, 1.807) is 12.1 Å².